The van der Waals surface area contributed by atoms with Gasteiger partial charge in [0.05, 0.1) is 4.88 Å². The maximum Gasteiger partial charge on any atom is 0.169 e. The Balaban J connectivity index is 2.99. The number of hydrogen-bond donors (Lipinski definition) is 0. The lowest BCUT2D eigenvalue weighted by molar-refractivity contribution is 0.102. The normalized spacial score (nSPS) is 12.9. The van der Waals surface area contributed by atoms with E-state index in [1.807, 2.05) is 0 Å². The summed E-state index contributed by atoms with van der Waals surface area (Å²) in [7, 11) is 0. The molecule has 1 aromatic rings. The second-order valence-electron chi connectivity index (χ2n) is 1.94. The van der Waals surface area contributed by atoms with E-state index in [1.54, 1.807) is 0 Å². The van der Waals surface area contributed by atoms with Crippen LogP contribution in [0.3, 0.4) is 0 Å². The van der Waals surface area contributed by atoms with Crippen molar-refractivity contribution in [2.24, 2.45) is 0 Å². The van der Waals surface area contributed by atoms with Gasteiger partial charge in [-0.1, -0.05) is 0 Å². The van der Waals surface area contributed by atoms with Gasteiger partial charge in [-0.2, -0.15) is 0 Å². The van der Waals surface area contributed by atoms with Gasteiger partial charge < -0.3 is 4.55 Å². The van der Waals surface area contributed by atoms with Gasteiger partial charge in [-0.3, -0.25) is 9.00 Å². The molecule has 3 nitrogen and oxygen atoms in total. The van der Waals surface area contributed by atoms with Gasteiger partial charge in [0, 0.05) is 10.3 Å². The van der Waals surface area contributed by atoms with Crippen molar-refractivity contribution in [3.63, 3.8) is 0 Å². The molecule has 1 unspecified atom stereocenters. The van der Waals surface area contributed by atoms with Crippen molar-refractivity contribution in [1.29, 1.82) is 0 Å². The largest absolute Gasteiger partial charge is 0.768 e. The molecule has 0 radical (unpaired) electrons. The van der Waals surface area contributed by atoms with Crippen molar-refractivity contribution in [2.45, 2.75) is 11.8 Å². The molecule has 0 aliphatic rings. The Morgan fingerprint density at radius 3 is 2.64 bits per heavy atom. The number of thiophene rings is 1. The summed E-state index contributed by atoms with van der Waals surface area (Å²) in [5.74, 6) is -0.105. The summed E-state index contributed by atoms with van der Waals surface area (Å²) in [4.78, 5) is 11.3. The zero-order valence-electron chi connectivity index (χ0n) is 5.70. The van der Waals surface area contributed by atoms with Crippen LogP contribution < -0.4 is 0 Å². The molecule has 1 rings (SSSR count). The molecule has 5 heteroatoms. The number of carbonyl (C=O) groups excluding carboxylic acids is 1. The summed E-state index contributed by atoms with van der Waals surface area (Å²) in [6.07, 6.45) is 0. The van der Waals surface area contributed by atoms with Crippen LogP contribution in [0.1, 0.15) is 16.6 Å². The Hall–Kier alpha value is -0.520. The van der Waals surface area contributed by atoms with Gasteiger partial charge in [0.25, 0.3) is 0 Å². The van der Waals surface area contributed by atoms with Gasteiger partial charge in [0.15, 0.2) is 5.78 Å². The van der Waals surface area contributed by atoms with Gasteiger partial charge in [0.1, 0.15) is 0 Å². The van der Waals surface area contributed by atoms with E-state index in [0.29, 0.717) is 4.88 Å². The summed E-state index contributed by atoms with van der Waals surface area (Å²) >= 11 is -1.07. The Kier molecular flexibility index (Phi) is 2.53. The van der Waals surface area contributed by atoms with Crippen molar-refractivity contribution in [3.8, 4) is 0 Å². The minimum absolute atomic E-state index is 0.105. The third-order valence-electron chi connectivity index (χ3n) is 1.11. The van der Waals surface area contributed by atoms with Crippen molar-refractivity contribution < 1.29 is 13.6 Å². The fourth-order valence-electron chi connectivity index (χ4n) is 0.591. The van der Waals surface area contributed by atoms with Crippen LogP contribution in [0.2, 0.25) is 0 Å². The topological polar surface area (TPSA) is 57.2 Å². The highest BCUT2D eigenvalue weighted by Crippen LogP contribution is 2.17. The average molecular weight is 189 g/mol. The zero-order valence-corrected chi connectivity index (χ0v) is 7.33. The molecule has 0 amide bonds. The van der Waals surface area contributed by atoms with Crippen LogP contribution in [0.5, 0.6) is 0 Å². The van der Waals surface area contributed by atoms with E-state index in [9.17, 15) is 13.6 Å². The molecular weight excluding hydrogens is 184 g/mol. The molecule has 0 aliphatic carbocycles. The minimum Gasteiger partial charge on any atom is -0.768 e. The molecule has 1 heterocycles. The van der Waals surface area contributed by atoms with E-state index in [1.165, 1.54) is 18.4 Å². The van der Waals surface area contributed by atoms with E-state index in [-0.39, 0.29) is 10.7 Å². The fraction of sp³-hybridized carbons (Fsp3) is 0.167. The Bertz CT molecular complexity index is 274. The van der Waals surface area contributed by atoms with Crippen molar-refractivity contribution >= 4 is 28.2 Å². The predicted molar refractivity (Wildman–Crippen MR) is 41.5 cm³/mol. The molecule has 0 spiro atoms. The van der Waals surface area contributed by atoms with Crippen LogP contribution in [0.25, 0.3) is 0 Å². The first-order valence-corrected chi connectivity index (χ1v) is 4.75. The maximum absolute atomic E-state index is 10.7. The average Bonchev–Trinajstić information content (AvgIpc) is 2.33. The first-order valence-electron chi connectivity index (χ1n) is 2.80. The molecule has 0 bridgehead atoms. The quantitative estimate of drug-likeness (QED) is 0.518. The molecular formula is C6H5O3S2-. The van der Waals surface area contributed by atoms with E-state index >= 15 is 0 Å². The Morgan fingerprint density at radius 1 is 1.73 bits per heavy atom. The van der Waals surface area contributed by atoms with Crippen LogP contribution in [-0.2, 0) is 11.1 Å². The molecule has 60 valence electrons. The second kappa shape index (κ2) is 3.25. The molecule has 0 aliphatic heterocycles. The monoisotopic (exact) mass is 189 g/mol. The van der Waals surface area contributed by atoms with E-state index in [4.69, 9.17) is 0 Å². The van der Waals surface area contributed by atoms with Gasteiger partial charge in [-0.15, -0.1) is 11.3 Å². The lowest BCUT2D eigenvalue weighted by atomic mass is 10.4. The Morgan fingerprint density at radius 2 is 2.36 bits per heavy atom. The van der Waals surface area contributed by atoms with E-state index < -0.39 is 11.1 Å². The molecule has 11 heavy (non-hydrogen) atoms. The summed E-state index contributed by atoms with van der Waals surface area (Å²) in [5.41, 5.74) is 0. The second-order valence-corrected chi connectivity index (χ2v) is 3.79. The lowest BCUT2D eigenvalue weighted by Gasteiger charge is -1.97. The predicted octanol–water partition coefficient (Wildman–Crippen LogP) is 1.19. The number of hydrogen-bond acceptors (Lipinski definition) is 4. The standard InChI is InChI=1S/C6H6O3S2/c1-4(7)6-2-5(3-10-6)11(8)9/h2-3H,1H3,(H,8,9)/p-1. The number of rotatable bonds is 2. The molecule has 1 atom stereocenters. The molecule has 0 saturated carbocycles. The maximum atomic E-state index is 10.7. The highest BCUT2D eigenvalue weighted by Gasteiger charge is 2.03. The third kappa shape index (κ3) is 1.95. The van der Waals surface area contributed by atoms with Gasteiger partial charge in [-0.25, -0.2) is 0 Å². The van der Waals surface area contributed by atoms with Crippen LogP contribution in [0, 0.1) is 0 Å². The highest BCUT2D eigenvalue weighted by atomic mass is 32.2. The van der Waals surface area contributed by atoms with E-state index in [2.05, 4.69) is 0 Å². The highest BCUT2D eigenvalue weighted by molar-refractivity contribution is 7.79. The molecule has 0 saturated heterocycles. The molecule has 0 aromatic carbocycles. The van der Waals surface area contributed by atoms with Gasteiger partial charge >= 0.3 is 0 Å². The summed E-state index contributed by atoms with van der Waals surface area (Å²) in [6.45, 7) is 1.41. The van der Waals surface area contributed by atoms with Crippen molar-refractivity contribution in [2.75, 3.05) is 0 Å². The van der Waals surface area contributed by atoms with Gasteiger partial charge in [-0.05, 0) is 24.1 Å². The fourth-order valence-corrected chi connectivity index (χ4v) is 2.01. The first kappa shape index (κ1) is 8.58. The van der Waals surface area contributed by atoms with E-state index in [0.717, 1.165) is 11.3 Å². The third-order valence-corrected chi connectivity index (χ3v) is 2.92. The van der Waals surface area contributed by atoms with Crippen LogP contribution in [-0.4, -0.2) is 14.5 Å². The summed E-state index contributed by atoms with van der Waals surface area (Å²) in [5, 5.41) is 1.44. The summed E-state index contributed by atoms with van der Waals surface area (Å²) in [6, 6.07) is 1.37. The number of Topliss-reactive ketones (excluding diaryl/α,β-unsaturated/α-hetero) is 1. The molecule has 0 N–H and O–H groups in total. The smallest absolute Gasteiger partial charge is 0.169 e. The van der Waals surface area contributed by atoms with Crippen molar-refractivity contribution in [1.82, 2.24) is 0 Å². The number of ketones is 1. The molecule has 0 fully saturated rings. The van der Waals surface area contributed by atoms with Gasteiger partial charge in [0.2, 0.25) is 0 Å². The summed E-state index contributed by atoms with van der Waals surface area (Å²) < 4.78 is 20.7. The van der Waals surface area contributed by atoms with Crippen LogP contribution in [0.4, 0.5) is 0 Å². The lowest BCUT2D eigenvalue weighted by Crippen LogP contribution is -1.87. The minimum atomic E-state index is -2.22. The SMILES string of the molecule is CC(=O)c1cc(S(=O)[O-])cs1. The first-order chi connectivity index (χ1) is 5.11. The number of carbonyl (C=O) groups is 1. The van der Waals surface area contributed by atoms with Crippen LogP contribution in [0.15, 0.2) is 16.3 Å². The van der Waals surface area contributed by atoms with Crippen molar-refractivity contribution in [3.05, 3.63) is 16.3 Å². The Labute approximate surface area is 70.3 Å². The van der Waals surface area contributed by atoms with Crippen LogP contribution >= 0.6 is 11.3 Å². The molecule has 1 aromatic heterocycles. The zero-order chi connectivity index (χ0) is 8.43.